The van der Waals surface area contributed by atoms with Crippen molar-refractivity contribution in [2.45, 2.75) is 38.1 Å². The highest BCUT2D eigenvalue weighted by molar-refractivity contribution is 5.33. The van der Waals surface area contributed by atoms with E-state index in [0.29, 0.717) is 0 Å². The van der Waals surface area contributed by atoms with Crippen molar-refractivity contribution in [3.63, 3.8) is 0 Å². The molecular weight excluding hydrogens is 146 g/mol. The van der Waals surface area contributed by atoms with Gasteiger partial charge >= 0.3 is 0 Å². The molecule has 0 spiro atoms. The van der Waals surface area contributed by atoms with Crippen LogP contribution in [0.3, 0.4) is 0 Å². The highest BCUT2D eigenvalue weighted by atomic mass is 14.8. The Balaban J connectivity index is 2.00. The zero-order valence-electron chi connectivity index (χ0n) is 7.72. The van der Waals surface area contributed by atoms with Gasteiger partial charge in [0.25, 0.3) is 0 Å². The first-order chi connectivity index (χ1) is 5.67. The second-order valence-corrected chi connectivity index (χ2v) is 5.22. The molecule has 4 atom stereocenters. The molecule has 0 saturated heterocycles. The van der Waals surface area contributed by atoms with Crippen molar-refractivity contribution >= 4 is 0 Å². The molecule has 0 radical (unpaired) electrons. The van der Waals surface area contributed by atoms with Crippen molar-refractivity contribution in [3.8, 4) is 0 Å². The number of rotatable bonds is 0. The van der Waals surface area contributed by atoms with Crippen molar-refractivity contribution < 1.29 is 0 Å². The molecule has 0 aromatic carbocycles. The Morgan fingerprint density at radius 3 is 3.17 bits per heavy atom. The fraction of sp³-hybridized carbons (Fsp3) is 0.818. The van der Waals surface area contributed by atoms with E-state index >= 15 is 0 Å². The van der Waals surface area contributed by atoms with Crippen LogP contribution < -0.4 is 5.73 Å². The van der Waals surface area contributed by atoms with Crippen molar-refractivity contribution in [1.29, 1.82) is 0 Å². The van der Waals surface area contributed by atoms with Gasteiger partial charge in [-0.3, -0.25) is 0 Å². The summed E-state index contributed by atoms with van der Waals surface area (Å²) >= 11 is 0. The van der Waals surface area contributed by atoms with Gasteiger partial charge in [-0.15, -0.1) is 0 Å². The Labute approximate surface area is 74.0 Å². The van der Waals surface area contributed by atoms with E-state index < -0.39 is 0 Å². The highest BCUT2D eigenvalue weighted by Crippen LogP contribution is 2.58. The Hall–Kier alpha value is -0.300. The van der Waals surface area contributed by atoms with E-state index in [1.165, 1.54) is 25.7 Å². The van der Waals surface area contributed by atoms with Crippen LogP contribution in [0.15, 0.2) is 11.6 Å². The molecule has 3 rings (SSSR count). The van der Waals surface area contributed by atoms with Crippen LogP contribution in [0.25, 0.3) is 0 Å². The second-order valence-electron chi connectivity index (χ2n) is 5.22. The van der Waals surface area contributed by atoms with Crippen LogP contribution in [0.5, 0.6) is 0 Å². The first kappa shape index (κ1) is 7.14. The van der Waals surface area contributed by atoms with Gasteiger partial charge in [0, 0.05) is 5.54 Å². The van der Waals surface area contributed by atoms with E-state index in [-0.39, 0.29) is 5.54 Å². The molecular formula is C11H17N. The van der Waals surface area contributed by atoms with E-state index in [0.717, 1.165) is 17.8 Å². The third kappa shape index (κ3) is 0.731. The lowest BCUT2D eigenvalue weighted by Gasteiger charge is -2.45. The minimum absolute atomic E-state index is 0.247. The first-order valence-corrected chi connectivity index (χ1v) is 5.17. The third-order valence-electron chi connectivity index (χ3n) is 4.12. The lowest BCUT2D eigenvalue weighted by molar-refractivity contribution is 0.248. The summed E-state index contributed by atoms with van der Waals surface area (Å²) in [5.74, 6) is 2.54. The van der Waals surface area contributed by atoms with E-state index in [4.69, 9.17) is 5.73 Å². The molecule has 0 heterocycles. The Morgan fingerprint density at radius 2 is 2.33 bits per heavy atom. The van der Waals surface area contributed by atoms with Crippen LogP contribution in [0.2, 0.25) is 0 Å². The summed E-state index contributed by atoms with van der Waals surface area (Å²) < 4.78 is 0. The molecule has 4 unspecified atom stereocenters. The van der Waals surface area contributed by atoms with Crippen molar-refractivity contribution in [2.24, 2.45) is 23.5 Å². The molecule has 1 nitrogen and oxygen atoms in total. The maximum absolute atomic E-state index is 6.30. The molecule has 3 aliphatic carbocycles. The van der Waals surface area contributed by atoms with Crippen LogP contribution in [0.1, 0.15) is 32.6 Å². The minimum Gasteiger partial charge on any atom is -0.324 e. The average molecular weight is 163 g/mol. The topological polar surface area (TPSA) is 26.0 Å². The summed E-state index contributed by atoms with van der Waals surface area (Å²) in [4.78, 5) is 0. The molecule has 0 aromatic heterocycles. The summed E-state index contributed by atoms with van der Waals surface area (Å²) in [7, 11) is 0. The van der Waals surface area contributed by atoms with Gasteiger partial charge in [-0.1, -0.05) is 18.6 Å². The molecule has 2 bridgehead atoms. The Morgan fingerprint density at radius 1 is 1.50 bits per heavy atom. The largest absolute Gasteiger partial charge is 0.324 e. The predicted octanol–water partition coefficient (Wildman–Crippen LogP) is 2.08. The smallest absolute Gasteiger partial charge is 0.0260 e. The summed E-state index contributed by atoms with van der Waals surface area (Å²) in [6, 6.07) is 0. The summed E-state index contributed by atoms with van der Waals surface area (Å²) in [6.45, 7) is 2.35. The minimum atomic E-state index is 0.247. The monoisotopic (exact) mass is 163 g/mol. The zero-order valence-corrected chi connectivity index (χ0v) is 7.72. The molecule has 2 N–H and O–H groups in total. The predicted molar refractivity (Wildman–Crippen MR) is 49.6 cm³/mol. The lowest BCUT2D eigenvalue weighted by Crippen LogP contribution is -2.53. The van der Waals surface area contributed by atoms with Crippen molar-refractivity contribution in [1.82, 2.24) is 0 Å². The summed E-state index contributed by atoms with van der Waals surface area (Å²) in [6.07, 6.45) is 7.79. The number of nitrogens with two attached hydrogens (primary N) is 1. The molecule has 0 aliphatic heterocycles. The van der Waals surface area contributed by atoms with E-state index in [1.807, 2.05) is 0 Å². The summed E-state index contributed by atoms with van der Waals surface area (Å²) in [5.41, 5.74) is 8.23. The maximum atomic E-state index is 6.30. The molecule has 2 saturated carbocycles. The van der Waals surface area contributed by atoms with E-state index in [9.17, 15) is 0 Å². The average Bonchev–Trinajstić information content (AvgIpc) is 2.09. The number of allylic oxidation sites excluding steroid dienone is 1. The van der Waals surface area contributed by atoms with Crippen LogP contribution >= 0.6 is 0 Å². The van der Waals surface area contributed by atoms with E-state index in [2.05, 4.69) is 13.0 Å². The van der Waals surface area contributed by atoms with Crippen LogP contribution in [-0.2, 0) is 0 Å². The lowest BCUT2D eigenvalue weighted by atomic mass is 9.64. The summed E-state index contributed by atoms with van der Waals surface area (Å²) in [5, 5.41) is 0. The van der Waals surface area contributed by atoms with Gasteiger partial charge in [0.2, 0.25) is 0 Å². The standard InChI is InChI=1S/C11H17N/c1-7-2-8-4-10-9(3-7)6-11(10,12)5-8/h3,7-8,10H,2,4-6,12H2,1H3. The molecule has 0 amide bonds. The van der Waals surface area contributed by atoms with Gasteiger partial charge < -0.3 is 5.73 Å². The molecule has 2 fully saturated rings. The van der Waals surface area contributed by atoms with Gasteiger partial charge in [-0.25, -0.2) is 0 Å². The van der Waals surface area contributed by atoms with Gasteiger partial charge in [0.05, 0.1) is 0 Å². The fourth-order valence-electron chi connectivity index (χ4n) is 3.73. The zero-order chi connectivity index (χ0) is 8.34. The SMILES string of the molecule is CC1C=C2CC3(N)CC(C1)CC23. The van der Waals surface area contributed by atoms with Gasteiger partial charge in [0.1, 0.15) is 0 Å². The fourth-order valence-corrected chi connectivity index (χ4v) is 3.73. The number of fused-ring (bicyclic) bond motifs is 1. The first-order valence-electron chi connectivity index (χ1n) is 5.17. The Kier molecular flexibility index (Phi) is 1.16. The van der Waals surface area contributed by atoms with E-state index in [1.54, 1.807) is 5.57 Å². The quantitative estimate of drug-likeness (QED) is 0.544. The molecule has 12 heavy (non-hydrogen) atoms. The second kappa shape index (κ2) is 1.95. The molecule has 1 heteroatoms. The van der Waals surface area contributed by atoms with Crippen molar-refractivity contribution in [3.05, 3.63) is 11.6 Å². The van der Waals surface area contributed by atoms with Gasteiger partial charge in [-0.2, -0.15) is 0 Å². The van der Waals surface area contributed by atoms with Crippen LogP contribution in [0.4, 0.5) is 0 Å². The Bertz CT molecular complexity index is 256. The van der Waals surface area contributed by atoms with Crippen LogP contribution in [0, 0.1) is 17.8 Å². The maximum Gasteiger partial charge on any atom is 0.0260 e. The number of hydrogen-bond donors (Lipinski definition) is 1. The molecule has 3 aliphatic rings. The highest BCUT2D eigenvalue weighted by Gasteiger charge is 2.54. The number of hydrogen-bond acceptors (Lipinski definition) is 1. The molecule has 66 valence electrons. The van der Waals surface area contributed by atoms with Crippen LogP contribution in [-0.4, -0.2) is 5.54 Å². The normalized spacial score (nSPS) is 55.8. The van der Waals surface area contributed by atoms with Gasteiger partial charge in [0.15, 0.2) is 0 Å². The van der Waals surface area contributed by atoms with Gasteiger partial charge in [-0.05, 0) is 43.4 Å². The third-order valence-corrected chi connectivity index (χ3v) is 4.12. The molecule has 0 aromatic rings. The van der Waals surface area contributed by atoms with Crippen molar-refractivity contribution in [2.75, 3.05) is 0 Å².